The molecule has 1 aliphatic carbocycles. The second-order valence-electron chi connectivity index (χ2n) is 9.43. The number of alkyl halides is 3. The summed E-state index contributed by atoms with van der Waals surface area (Å²) in [6.07, 6.45) is 0.465. The van der Waals surface area contributed by atoms with Crippen molar-refractivity contribution in [2.24, 2.45) is 11.8 Å². The lowest BCUT2D eigenvalue weighted by Gasteiger charge is -2.36. The van der Waals surface area contributed by atoms with Crippen molar-refractivity contribution in [3.05, 3.63) is 65.6 Å². The van der Waals surface area contributed by atoms with Gasteiger partial charge in [-0.25, -0.2) is 9.97 Å². The normalized spacial score (nSPS) is 19.9. The number of rotatable bonds is 6. The van der Waals surface area contributed by atoms with Crippen molar-refractivity contribution in [1.82, 2.24) is 15.0 Å². The maximum atomic E-state index is 13.0. The zero-order valence-corrected chi connectivity index (χ0v) is 19.9. The Balaban J connectivity index is 1.52. The first-order valence-electron chi connectivity index (χ1n) is 11.6. The molecule has 1 aliphatic rings. The van der Waals surface area contributed by atoms with E-state index in [4.69, 9.17) is 0 Å². The molecule has 0 amide bonds. The maximum Gasteiger partial charge on any atom is 0.416 e. The lowest BCUT2D eigenvalue weighted by atomic mass is 9.73. The summed E-state index contributed by atoms with van der Waals surface area (Å²) in [5.41, 5.74) is 0.545. The third-order valence-electron chi connectivity index (χ3n) is 6.76. The molecule has 0 spiro atoms. The van der Waals surface area contributed by atoms with Gasteiger partial charge in [0.05, 0.1) is 22.9 Å². The Kier molecular flexibility index (Phi) is 6.99. The van der Waals surface area contributed by atoms with Crippen LogP contribution in [0.2, 0.25) is 0 Å². The first kappa shape index (κ1) is 25.6. The summed E-state index contributed by atoms with van der Waals surface area (Å²) in [5, 5.41) is 23.3. The summed E-state index contributed by atoms with van der Waals surface area (Å²) in [7, 11) is 0. The molecule has 3 aromatic heterocycles. The van der Waals surface area contributed by atoms with E-state index in [1.165, 1.54) is 0 Å². The Morgan fingerprint density at radius 2 is 1.75 bits per heavy atom. The third kappa shape index (κ3) is 5.64. The predicted octanol–water partition coefficient (Wildman–Crippen LogP) is 5.71. The summed E-state index contributed by atoms with van der Waals surface area (Å²) in [5.74, 6) is -0.897. The average Bonchev–Trinajstić information content (AvgIpc) is 2.83. The van der Waals surface area contributed by atoms with Gasteiger partial charge < -0.3 is 15.5 Å². The highest BCUT2D eigenvalue weighted by molar-refractivity contribution is 5.70. The van der Waals surface area contributed by atoms with Gasteiger partial charge in [0.15, 0.2) is 0 Å². The fourth-order valence-corrected chi connectivity index (χ4v) is 4.64. The molecule has 3 heterocycles. The van der Waals surface area contributed by atoms with Gasteiger partial charge in [0, 0.05) is 18.0 Å². The topological polar surface area (TPSA) is 108 Å². The number of hydrogen-bond donors (Lipinski definition) is 3. The number of aryl methyl sites for hydroxylation is 1. The number of hydrogen-bond acceptors (Lipinski definition) is 6. The summed E-state index contributed by atoms with van der Waals surface area (Å²) in [6, 6.07) is 8.86. The van der Waals surface area contributed by atoms with E-state index >= 15 is 0 Å². The number of carbonyl (C=O) groups is 1. The van der Waals surface area contributed by atoms with Gasteiger partial charge in [0.1, 0.15) is 17.2 Å². The zero-order valence-electron chi connectivity index (χ0n) is 19.9. The zero-order chi connectivity index (χ0) is 26.1. The molecule has 4 rings (SSSR count). The van der Waals surface area contributed by atoms with Gasteiger partial charge >= 0.3 is 12.1 Å². The molecule has 1 fully saturated rings. The van der Waals surface area contributed by atoms with Gasteiger partial charge in [0.2, 0.25) is 0 Å². The van der Waals surface area contributed by atoms with E-state index in [1.54, 1.807) is 31.3 Å². The molecule has 0 saturated heterocycles. The maximum absolute atomic E-state index is 13.0. The minimum absolute atomic E-state index is 0.0241. The van der Waals surface area contributed by atoms with Crippen molar-refractivity contribution in [3.8, 4) is 11.3 Å². The number of carboxylic acid groups (broad SMARTS) is 1. The van der Waals surface area contributed by atoms with E-state index in [-0.39, 0.29) is 17.7 Å². The molecule has 0 aromatic carbocycles. The van der Waals surface area contributed by atoms with E-state index in [2.05, 4.69) is 20.3 Å². The van der Waals surface area contributed by atoms with Crippen molar-refractivity contribution in [2.45, 2.75) is 51.3 Å². The lowest BCUT2D eigenvalue weighted by molar-refractivity contribution is -0.144. The monoisotopic (exact) mass is 500 g/mol. The van der Waals surface area contributed by atoms with Crippen LogP contribution in [0.4, 0.5) is 24.8 Å². The highest BCUT2D eigenvalue weighted by Gasteiger charge is 2.39. The Bertz CT molecular complexity index is 1240. The second-order valence-corrected chi connectivity index (χ2v) is 9.43. The van der Waals surface area contributed by atoms with Gasteiger partial charge in [0.25, 0.3) is 0 Å². The van der Waals surface area contributed by atoms with E-state index in [0.29, 0.717) is 48.5 Å². The van der Waals surface area contributed by atoms with Gasteiger partial charge in [-0.15, -0.1) is 0 Å². The van der Waals surface area contributed by atoms with Crippen LogP contribution in [0.3, 0.4) is 0 Å². The molecule has 0 unspecified atom stereocenters. The van der Waals surface area contributed by atoms with Crippen LogP contribution in [0.15, 0.2) is 48.8 Å². The van der Waals surface area contributed by atoms with Crippen LogP contribution in [0.25, 0.3) is 11.3 Å². The molecule has 0 aliphatic heterocycles. The molecule has 10 heteroatoms. The Morgan fingerprint density at radius 1 is 1.03 bits per heavy atom. The van der Waals surface area contributed by atoms with Gasteiger partial charge in [-0.3, -0.25) is 9.78 Å². The predicted molar refractivity (Wildman–Crippen MR) is 127 cm³/mol. The molecule has 1 atom stereocenters. The largest absolute Gasteiger partial charge is 0.481 e. The van der Waals surface area contributed by atoms with E-state index in [0.717, 1.165) is 23.9 Å². The third-order valence-corrected chi connectivity index (χ3v) is 6.76. The summed E-state index contributed by atoms with van der Waals surface area (Å²) >= 11 is 0. The van der Waals surface area contributed by atoms with Crippen LogP contribution >= 0.6 is 0 Å². The van der Waals surface area contributed by atoms with Crippen molar-refractivity contribution >= 4 is 17.6 Å². The highest BCUT2D eigenvalue weighted by atomic mass is 19.4. The van der Waals surface area contributed by atoms with Crippen molar-refractivity contribution in [3.63, 3.8) is 0 Å². The first-order valence-corrected chi connectivity index (χ1v) is 11.6. The summed E-state index contributed by atoms with van der Waals surface area (Å²) in [4.78, 5) is 24.2. The number of nitrogens with zero attached hydrogens (tertiary/aromatic N) is 3. The fourth-order valence-electron chi connectivity index (χ4n) is 4.64. The molecular weight excluding hydrogens is 473 g/mol. The van der Waals surface area contributed by atoms with Crippen LogP contribution in [-0.4, -0.2) is 31.1 Å². The lowest BCUT2D eigenvalue weighted by Crippen LogP contribution is -2.36. The average molecular weight is 501 g/mol. The number of aliphatic carboxylic acids is 1. The van der Waals surface area contributed by atoms with Crippen molar-refractivity contribution < 1.29 is 28.2 Å². The Morgan fingerprint density at radius 3 is 2.36 bits per heavy atom. The van der Waals surface area contributed by atoms with Gasteiger partial charge in [-0.05, 0) is 87.4 Å². The molecule has 3 aromatic rings. The van der Waals surface area contributed by atoms with Crippen LogP contribution in [0.1, 0.15) is 49.4 Å². The molecular formula is C26H27F3N4O3. The van der Waals surface area contributed by atoms with Gasteiger partial charge in [-0.2, -0.15) is 13.2 Å². The van der Waals surface area contributed by atoms with Crippen LogP contribution < -0.4 is 5.32 Å². The van der Waals surface area contributed by atoms with E-state index in [9.17, 15) is 28.2 Å². The fraction of sp³-hybridized carbons (Fsp3) is 0.385. The standard InChI is InChI=1S/C26H27F3N4O3/c1-15-11-20(32-23(12-15)33-22-13-19(9-10-30-22)26(27,28)29)17-5-8-21(31-14-17)25(2,36)18-6-3-16(4-7-18)24(34)35/h5,8-14,16,18,36H,3-4,6-7H2,1-2H3,(H,34,35)(H,30,32,33)/t16?,18?,25-/m1/s1. The Labute approximate surface area is 206 Å². The van der Waals surface area contributed by atoms with Crippen LogP contribution in [0, 0.1) is 18.8 Å². The molecule has 3 N–H and O–H groups in total. The number of carboxylic acids is 1. The number of nitrogens with one attached hydrogen (secondary N) is 1. The van der Waals surface area contributed by atoms with Crippen LogP contribution in [0.5, 0.6) is 0 Å². The van der Waals surface area contributed by atoms with Crippen molar-refractivity contribution in [2.75, 3.05) is 5.32 Å². The molecule has 0 bridgehead atoms. The number of aliphatic hydroxyl groups is 1. The van der Waals surface area contributed by atoms with Crippen LogP contribution in [-0.2, 0) is 16.6 Å². The number of anilines is 2. The highest BCUT2D eigenvalue weighted by Crippen LogP contribution is 2.40. The van der Waals surface area contributed by atoms with Crippen molar-refractivity contribution in [1.29, 1.82) is 0 Å². The molecule has 7 nitrogen and oxygen atoms in total. The smallest absolute Gasteiger partial charge is 0.416 e. The Hall–Kier alpha value is -3.53. The molecule has 190 valence electrons. The number of aromatic nitrogens is 3. The SMILES string of the molecule is Cc1cc(Nc2cc(C(F)(F)F)ccn2)nc(-c2ccc([C@](C)(O)C3CCC(C(=O)O)CC3)nc2)c1. The minimum Gasteiger partial charge on any atom is -0.481 e. The number of halogens is 3. The van der Waals surface area contributed by atoms with Gasteiger partial charge in [-0.1, -0.05) is 0 Å². The second kappa shape index (κ2) is 9.85. The molecule has 1 saturated carbocycles. The minimum atomic E-state index is -4.48. The quantitative estimate of drug-likeness (QED) is 0.398. The summed E-state index contributed by atoms with van der Waals surface area (Å²) in [6.45, 7) is 3.55. The molecule has 0 radical (unpaired) electrons. The molecule has 36 heavy (non-hydrogen) atoms. The first-order chi connectivity index (χ1) is 16.9. The summed E-state index contributed by atoms with van der Waals surface area (Å²) < 4.78 is 39.1. The van der Waals surface area contributed by atoms with E-state index < -0.39 is 23.3 Å². The van der Waals surface area contributed by atoms with E-state index in [1.807, 2.05) is 13.0 Å². The number of pyridine rings is 3.